The van der Waals surface area contributed by atoms with E-state index < -0.39 is 0 Å². The Balaban J connectivity index is 2.56. The van der Waals surface area contributed by atoms with Crippen molar-refractivity contribution in [2.45, 2.75) is 13.3 Å². The van der Waals surface area contributed by atoms with Crippen LogP contribution in [0.5, 0.6) is 0 Å². The highest BCUT2D eigenvalue weighted by molar-refractivity contribution is 5.85. The zero-order chi connectivity index (χ0) is 9.68. The van der Waals surface area contributed by atoms with E-state index in [1.54, 1.807) is 0 Å². The van der Waals surface area contributed by atoms with Crippen molar-refractivity contribution in [1.82, 2.24) is 10.2 Å². The van der Waals surface area contributed by atoms with Crippen LogP contribution >= 0.6 is 0 Å². The zero-order valence-electron chi connectivity index (χ0n) is 7.92. The maximum absolute atomic E-state index is 11.1. The van der Waals surface area contributed by atoms with Crippen LogP contribution in [0.4, 0.5) is 0 Å². The van der Waals surface area contributed by atoms with Crippen LogP contribution in [-0.4, -0.2) is 42.9 Å². The summed E-state index contributed by atoms with van der Waals surface area (Å²) in [5, 5.41) is 2.78. The van der Waals surface area contributed by atoms with Gasteiger partial charge in [-0.1, -0.05) is 0 Å². The Bertz CT molecular complexity index is 214. The minimum absolute atomic E-state index is 0.0201. The van der Waals surface area contributed by atoms with Crippen LogP contribution < -0.4 is 11.1 Å². The number of aliphatic imine (C=N–C) groups is 1. The van der Waals surface area contributed by atoms with Gasteiger partial charge in [0.15, 0.2) is 5.96 Å². The lowest BCUT2D eigenvalue weighted by molar-refractivity contribution is -0.120. The number of hydrogen-bond donors (Lipinski definition) is 2. The lowest BCUT2D eigenvalue weighted by Gasteiger charge is -2.19. The second kappa shape index (κ2) is 4.69. The molecule has 0 radical (unpaired) electrons. The van der Waals surface area contributed by atoms with E-state index in [0.29, 0.717) is 19.0 Å². The number of nitrogens with one attached hydrogen (secondary N) is 1. The van der Waals surface area contributed by atoms with Crippen molar-refractivity contribution < 1.29 is 4.79 Å². The first-order chi connectivity index (χ1) is 6.24. The maximum atomic E-state index is 11.1. The number of amides is 1. The van der Waals surface area contributed by atoms with Crippen LogP contribution in [0, 0.1) is 0 Å². The summed E-state index contributed by atoms with van der Waals surface area (Å²) in [6.45, 7) is 4.44. The Kier molecular flexibility index (Phi) is 3.54. The van der Waals surface area contributed by atoms with Crippen molar-refractivity contribution in [3.05, 3.63) is 0 Å². The molecule has 1 heterocycles. The Morgan fingerprint density at radius 2 is 2.54 bits per heavy atom. The number of guanidine groups is 1. The number of nitrogens with two attached hydrogens (primary N) is 1. The summed E-state index contributed by atoms with van der Waals surface area (Å²) in [5.41, 5.74) is 5.69. The van der Waals surface area contributed by atoms with E-state index in [0.717, 1.165) is 19.5 Å². The van der Waals surface area contributed by atoms with Crippen molar-refractivity contribution in [3.8, 4) is 0 Å². The van der Waals surface area contributed by atoms with E-state index in [1.165, 1.54) is 0 Å². The van der Waals surface area contributed by atoms with Crippen molar-refractivity contribution in [2.24, 2.45) is 10.7 Å². The van der Waals surface area contributed by atoms with E-state index in [2.05, 4.69) is 10.3 Å². The fourth-order valence-electron chi connectivity index (χ4n) is 1.26. The minimum atomic E-state index is 0.0201. The first-order valence-corrected chi connectivity index (χ1v) is 4.55. The van der Waals surface area contributed by atoms with Gasteiger partial charge in [0.2, 0.25) is 5.91 Å². The van der Waals surface area contributed by atoms with Gasteiger partial charge in [-0.25, -0.2) is 0 Å². The average Bonchev–Trinajstić information content (AvgIpc) is 2.30. The van der Waals surface area contributed by atoms with E-state index in [9.17, 15) is 4.79 Å². The SMILES string of the molecule is CCN=C(N)N1CCCNC(=O)C1. The van der Waals surface area contributed by atoms with Gasteiger partial charge in [0.05, 0.1) is 6.54 Å². The molecule has 1 amide bonds. The van der Waals surface area contributed by atoms with Gasteiger partial charge in [-0.05, 0) is 13.3 Å². The Labute approximate surface area is 78.0 Å². The van der Waals surface area contributed by atoms with Crippen molar-refractivity contribution in [1.29, 1.82) is 0 Å². The predicted octanol–water partition coefficient (Wildman–Crippen LogP) is -0.857. The summed E-state index contributed by atoms with van der Waals surface area (Å²) >= 11 is 0. The lowest BCUT2D eigenvalue weighted by Crippen LogP contribution is -2.41. The molecule has 0 spiro atoms. The largest absolute Gasteiger partial charge is 0.370 e. The Hall–Kier alpha value is -1.26. The van der Waals surface area contributed by atoms with E-state index in [1.807, 2.05) is 11.8 Å². The van der Waals surface area contributed by atoms with Crippen LogP contribution in [-0.2, 0) is 4.79 Å². The van der Waals surface area contributed by atoms with Gasteiger partial charge in [0.25, 0.3) is 0 Å². The van der Waals surface area contributed by atoms with Crippen LogP contribution in [0.2, 0.25) is 0 Å². The second-order valence-electron chi connectivity index (χ2n) is 2.96. The molecule has 1 aliphatic rings. The molecule has 1 rings (SSSR count). The third kappa shape index (κ3) is 2.93. The number of nitrogens with zero attached hydrogens (tertiary/aromatic N) is 2. The first-order valence-electron chi connectivity index (χ1n) is 4.55. The van der Waals surface area contributed by atoms with Crippen LogP contribution in [0.3, 0.4) is 0 Å². The third-order valence-electron chi connectivity index (χ3n) is 1.91. The van der Waals surface area contributed by atoms with E-state index in [-0.39, 0.29) is 5.91 Å². The summed E-state index contributed by atoms with van der Waals surface area (Å²) in [6.07, 6.45) is 0.922. The molecule has 1 saturated heterocycles. The summed E-state index contributed by atoms with van der Waals surface area (Å²) in [7, 11) is 0. The molecular weight excluding hydrogens is 168 g/mol. The number of hydrogen-bond acceptors (Lipinski definition) is 2. The van der Waals surface area contributed by atoms with Gasteiger partial charge in [-0.15, -0.1) is 0 Å². The van der Waals surface area contributed by atoms with Crippen LogP contribution in [0.1, 0.15) is 13.3 Å². The molecule has 1 aliphatic heterocycles. The molecule has 0 aromatic carbocycles. The molecule has 1 fully saturated rings. The van der Waals surface area contributed by atoms with Crippen LogP contribution in [0.25, 0.3) is 0 Å². The van der Waals surface area contributed by atoms with Gasteiger partial charge in [-0.3, -0.25) is 9.79 Å². The third-order valence-corrected chi connectivity index (χ3v) is 1.91. The first kappa shape index (κ1) is 9.83. The molecule has 0 saturated carbocycles. The molecule has 0 bridgehead atoms. The highest BCUT2D eigenvalue weighted by Crippen LogP contribution is 1.95. The molecule has 0 aromatic heterocycles. The fraction of sp³-hybridized carbons (Fsp3) is 0.750. The number of carbonyl (C=O) groups is 1. The molecule has 74 valence electrons. The van der Waals surface area contributed by atoms with Crippen molar-refractivity contribution >= 4 is 11.9 Å². The average molecular weight is 184 g/mol. The molecular formula is C8H16N4O. The van der Waals surface area contributed by atoms with Crippen molar-refractivity contribution in [3.63, 3.8) is 0 Å². The molecule has 5 heteroatoms. The quantitative estimate of drug-likeness (QED) is 0.411. The molecule has 3 N–H and O–H groups in total. The zero-order valence-corrected chi connectivity index (χ0v) is 7.92. The second-order valence-corrected chi connectivity index (χ2v) is 2.96. The highest BCUT2D eigenvalue weighted by atomic mass is 16.2. The normalized spacial score (nSPS) is 19.6. The summed E-state index contributed by atoms with van der Waals surface area (Å²) < 4.78 is 0. The smallest absolute Gasteiger partial charge is 0.239 e. The monoisotopic (exact) mass is 184 g/mol. The summed E-state index contributed by atoms with van der Waals surface area (Å²) in [4.78, 5) is 17.0. The Morgan fingerprint density at radius 3 is 3.23 bits per heavy atom. The van der Waals surface area contributed by atoms with Gasteiger partial charge >= 0.3 is 0 Å². The molecule has 0 atom stereocenters. The van der Waals surface area contributed by atoms with Gasteiger partial charge in [0.1, 0.15) is 0 Å². The predicted molar refractivity (Wildman–Crippen MR) is 51.4 cm³/mol. The molecule has 0 aliphatic carbocycles. The minimum Gasteiger partial charge on any atom is -0.370 e. The van der Waals surface area contributed by atoms with E-state index >= 15 is 0 Å². The summed E-state index contributed by atoms with van der Waals surface area (Å²) in [6, 6.07) is 0. The van der Waals surface area contributed by atoms with Crippen LogP contribution in [0.15, 0.2) is 4.99 Å². The summed E-state index contributed by atoms with van der Waals surface area (Å²) in [5.74, 6) is 0.492. The lowest BCUT2D eigenvalue weighted by atomic mass is 10.4. The molecule has 13 heavy (non-hydrogen) atoms. The van der Waals surface area contributed by atoms with Crippen molar-refractivity contribution in [2.75, 3.05) is 26.2 Å². The van der Waals surface area contributed by atoms with E-state index in [4.69, 9.17) is 5.73 Å². The highest BCUT2D eigenvalue weighted by Gasteiger charge is 2.15. The van der Waals surface area contributed by atoms with Gasteiger partial charge < -0.3 is 16.0 Å². The Morgan fingerprint density at radius 1 is 1.77 bits per heavy atom. The molecule has 0 unspecified atom stereocenters. The number of carbonyl (C=O) groups excluding carboxylic acids is 1. The maximum Gasteiger partial charge on any atom is 0.239 e. The van der Waals surface area contributed by atoms with Gasteiger partial charge in [-0.2, -0.15) is 0 Å². The fourth-order valence-corrected chi connectivity index (χ4v) is 1.26. The topological polar surface area (TPSA) is 70.7 Å². The van der Waals surface area contributed by atoms with Gasteiger partial charge in [0, 0.05) is 19.6 Å². The standard InChI is InChI=1S/C8H16N4O/c1-2-10-8(9)12-5-3-4-11-7(13)6-12/h2-6H2,1H3,(H2,9,10)(H,11,13). The molecule has 5 nitrogen and oxygen atoms in total. The number of rotatable bonds is 1. The molecule has 0 aromatic rings.